The van der Waals surface area contributed by atoms with Gasteiger partial charge in [0, 0.05) is 41.3 Å². The van der Waals surface area contributed by atoms with Gasteiger partial charge in [0.1, 0.15) is 0 Å². The normalized spacial score (nSPS) is 10.7. The molecule has 1 amide bonds. The number of fused-ring (bicyclic) bond motifs is 1. The van der Waals surface area contributed by atoms with Crippen molar-refractivity contribution < 1.29 is 9.72 Å². The van der Waals surface area contributed by atoms with Gasteiger partial charge in [-0.2, -0.15) is 0 Å². The molecule has 0 saturated carbocycles. The Morgan fingerprint density at radius 1 is 1.17 bits per heavy atom. The van der Waals surface area contributed by atoms with E-state index in [-0.39, 0.29) is 11.6 Å². The summed E-state index contributed by atoms with van der Waals surface area (Å²) in [5.41, 5.74) is 2.69. The Hall–Kier alpha value is -3.15. The molecule has 3 aromatic rings. The number of aryl methyl sites for hydroxylation is 1. The zero-order chi connectivity index (χ0) is 16.9. The molecule has 0 spiro atoms. The van der Waals surface area contributed by atoms with Crippen LogP contribution in [-0.2, 0) is 11.2 Å². The van der Waals surface area contributed by atoms with Crippen LogP contribution in [-0.4, -0.2) is 15.8 Å². The number of hydrogen-bond donors (Lipinski definition) is 2. The van der Waals surface area contributed by atoms with E-state index in [0.717, 1.165) is 11.9 Å². The molecule has 2 aromatic carbocycles. The van der Waals surface area contributed by atoms with Crippen molar-refractivity contribution in [2.75, 3.05) is 5.32 Å². The summed E-state index contributed by atoms with van der Waals surface area (Å²) in [6.07, 6.45) is 3.85. The number of benzene rings is 2. The third-order valence-corrected chi connectivity index (χ3v) is 3.87. The third kappa shape index (κ3) is 3.60. The van der Waals surface area contributed by atoms with Gasteiger partial charge in [-0.1, -0.05) is 24.3 Å². The number of rotatable bonds is 6. The summed E-state index contributed by atoms with van der Waals surface area (Å²) in [6, 6.07) is 14.0. The highest BCUT2D eigenvalue weighted by Gasteiger charge is 2.09. The van der Waals surface area contributed by atoms with Crippen LogP contribution in [0, 0.1) is 10.1 Å². The molecule has 0 bridgehead atoms. The highest BCUT2D eigenvalue weighted by molar-refractivity contribution is 5.91. The molecule has 0 fully saturated rings. The van der Waals surface area contributed by atoms with Crippen LogP contribution in [0.5, 0.6) is 0 Å². The van der Waals surface area contributed by atoms with Crippen molar-refractivity contribution in [2.45, 2.75) is 19.3 Å². The fraction of sp³-hybridized carbons (Fsp3) is 0.167. The fourth-order valence-electron chi connectivity index (χ4n) is 2.70. The van der Waals surface area contributed by atoms with E-state index in [4.69, 9.17) is 0 Å². The lowest BCUT2D eigenvalue weighted by Gasteiger charge is -2.05. The first-order chi connectivity index (χ1) is 11.6. The van der Waals surface area contributed by atoms with Gasteiger partial charge in [0.25, 0.3) is 5.69 Å². The van der Waals surface area contributed by atoms with Crippen LogP contribution < -0.4 is 5.32 Å². The van der Waals surface area contributed by atoms with Crippen LogP contribution in [0.4, 0.5) is 11.4 Å². The van der Waals surface area contributed by atoms with E-state index in [0.29, 0.717) is 18.5 Å². The zero-order valence-corrected chi connectivity index (χ0v) is 13.0. The van der Waals surface area contributed by atoms with Gasteiger partial charge in [0.15, 0.2) is 0 Å². The predicted molar refractivity (Wildman–Crippen MR) is 93.0 cm³/mol. The molecule has 1 heterocycles. The Morgan fingerprint density at radius 3 is 2.83 bits per heavy atom. The molecule has 2 N–H and O–H groups in total. The topological polar surface area (TPSA) is 88.0 Å². The smallest absolute Gasteiger partial charge is 0.271 e. The Morgan fingerprint density at radius 2 is 2.00 bits per heavy atom. The molecule has 0 aliphatic rings. The maximum absolute atomic E-state index is 12.0. The van der Waals surface area contributed by atoms with Crippen LogP contribution in [0.1, 0.15) is 18.4 Å². The summed E-state index contributed by atoms with van der Waals surface area (Å²) < 4.78 is 0. The standard InChI is InChI=1S/C18H17N3O3/c22-18(20-14-6-4-7-15(11-14)21(23)24)10-3-5-13-12-19-17-9-2-1-8-16(13)17/h1-2,4,6-9,11-12,19H,3,5,10H2,(H,20,22). The van der Waals surface area contributed by atoms with Crippen LogP contribution in [0.15, 0.2) is 54.7 Å². The summed E-state index contributed by atoms with van der Waals surface area (Å²) in [4.78, 5) is 25.5. The van der Waals surface area contributed by atoms with Crippen LogP contribution >= 0.6 is 0 Å². The maximum Gasteiger partial charge on any atom is 0.271 e. The number of aromatic nitrogens is 1. The lowest BCUT2D eigenvalue weighted by molar-refractivity contribution is -0.384. The van der Waals surface area contributed by atoms with Crippen LogP contribution in [0.2, 0.25) is 0 Å². The van der Waals surface area contributed by atoms with Gasteiger partial charge in [-0.25, -0.2) is 0 Å². The molecular formula is C18H17N3O3. The Kier molecular flexibility index (Phi) is 4.56. The van der Waals surface area contributed by atoms with Gasteiger partial charge < -0.3 is 10.3 Å². The lowest BCUT2D eigenvalue weighted by Crippen LogP contribution is -2.11. The summed E-state index contributed by atoms with van der Waals surface area (Å²) in [6.45, 7) is 0. The molecule has 24 heavy (non-hydrogen) atoms. The van der Waals surface area contributed by atoms with Crippen LogP contribution in [0.25, 0.3) is 10.9 Å². The Labute approximate surface area is 138 Å². The monoisotopic (exact) mass is 323 g/mol. The highest BCUT2D eigenvalue weighted by atomic mass is 16.6. The summed E-state index contributed by atoms with van der Waals surface area (Å²) in [7, 11) is 0. The summed E-state index contributed by atoms with van der Waals surface area (Å²) in [5, 5.41) is 14.6. The molecule has 6 nitrogen and oxygen atoms in total. The number of nitrogens with one attached hydrogen (secondary N) is 2. The minimum atomic E-state index is -0.479. The van der Waals surface area contributed by atoms with E-state index < -0.39 is 4.92 Å². The number of amides is 1. The first-order valence-electron chi connectivity index (χ1n) is 7.73. The van der Waals surface area contributed by atoms with Crippen LogP contribution in [0.3, 0.4) is 0 Å². The van der Waals surface area contributed by atoms with Gasteiger partial charge in [-0.05, 0) is 30.5 Å². The zero-order valence-electron chi connectivity index (χ0n) is 13.0. The Balaban J connectivity index is 1.54. The van der Waals surface area contributed by atoms with Gasteiger partial charge in [-0.15, -0.1) is 0 Å². The number of non-ortho nitro benzene ring substituents is 1. The molecule has 0 aliphatic heterocycles. The van der Waals surface area contributed by atoms with Crippen molar-refractivity contribution in [3.05, 3.63) is 70.4 Å². The van der Waals surface area contributed by atoms with Crippen molar-refractivity contribution >= 4 is 28.2 Å². The van der Waals surface area contributed by atoms with Crippen molar-refractivity contribution in [2.24, 2.45) is 0 Å². The minimum absolute atomic E-state index is 0.0356. The number of anilines is 1. The molecular weight excluding hydrogens is 306 g/mol. The second kappa shape index (κ2) is 6.95. The number of para-hydroxylation sites is 1. The summed E-state index contributed by atoms with van der Waals surface area (Å²) in [5.74, 6) is -0.143. The quantitative estimate of drug-likeness (QED) is 0.530. The molecule has 0 saturated heterocycles. The molecule has 0 aliphatic carbocycles. The number of nitro benzene ring substituents is 1. The van der Waals surface area contributed by atoms with Gasteiger partial charge >= 0.3 is 0 Å². The molecule has 0 unspecified atom stereocenters. The first-order valence-corrected chi connectivity index (χ1v) is 7.73. The van der Waals surface area contributed by atoms with Crippen molar-refractivity contribution in [1.29, 1.82) is 0 Å². The second-order valence-electron chi connectivity index (χ2n) is 5.57. The van der Waals surface area contributed by atoms with E-state index in [9.17, 15) is 14.9 Å². The number of carbonyl (C=O) groups is 1. The minimum Gasteiger partial charge on any atom is -0.361 e. The number of nitrogens with zero attached hydrogens (tertiary/aromatic N) is 1. The van der Waals surface area contributed by atoms with E-state index in [1.54, 1.807) is 12.1 Å². The van der Waals surface area contributed by atoms with E-state index >= 15 is 0 Å². The molecule has 6 heteroatoms. The third-order valence-electron chi connectivity index (χ3n) is 3.87. The fourth-order valence-corrected chi connectivity index (χ4v) is 2.70. The number of H-pyrrole nitrogens is 1. The lowest BCUT2D eigenvalue weighted by atomic mass is 10.1. The van der Waals surface area contributed by atoms with E-state index in [1.807, 2.05) is 24.4 Å². The average molecular weight is 323 g/mol. The van der Waals surface area contributed by atoms with E-state index in [1.165, 1.54) is 23.1 Å². The maximum atomic E-state index is 12.0. The molecule has 0 radical (unpaired) electrons. The van der Waals surface area contributed by atoms with Crippen molar-refractivity contribution in [1.82, 2.24) is 4.98 Å². The number of aromatic amines is 1. The SMILES string of the molecule is O=C(CCCc1c[nH]c2ccccc12)Nc1cccc([N+](=O)[O-])c1. The number of hydrogen-bond acceptors (Lipinski definition) is 3. The molecule has 0 atom stereocenters. The number of carbonyl (C=O) groups excluding carboxylic acids is 1. The average Bonchev–Trinajstić information content (AvgIpc) is 2.98. The molecule has 1 aromatic heterocycles. The summed E-state index contributed by atoms with van der Waals surface area (Å²) >= 11 is 0. The van der Waals surface area contributed by atoms with E-state index in [2.05, 4.69) is 16.4 Å². The van der Waals surface area contributed by atoms with Gasteiger partial charge in [0.05, 0.1) is 4.92 Å². The molecule has 122 valence electrons. The first kappa shape index (κ1) is 15.7. The molecule has 3 rings (SSSR count). The number of nitro groups is 1. The Bertz CT molecular complexity index is 886. The highest BCUT2D eigenvalue weighted by Crippen LogP contribution is 2.20. The predicted octanol–water partition coefficient (Wildman–Crippen LogP) is 4.04. The largest absolute Gasteiger partial charge is 0.361 e. The second-order valence-corrected chi connectivity index (χ2v) is 5.57. The van der Waals surface area contributed by atoms with Crippen molar-refractivity contribution in [3.8, 4) is 0 Å². The van der Waals surface area contributed by atoms with Gasteiger partial charge in [-0.3, -0.25) is 14.9 Å². The van der Waals surface area contributed by atoms with Crippen molar-refractivity contribution in [3.63, 3.8) is 0 Å². The van der Waals surface area contributed by atoms with Gasteiger partial charge in [0.2, 0.25) is 5.91 Å².